The van der Waals surface area contributed by atoms with Crippen LogP contribution in [0.25, 0.3) is 11.3 Å². The number of benzene rings is 1. The predicted octanol–water partition coefficient (Wildman–Crippen LogP) is 2.91. The van der Waals surface area contributed by atoms with Gasteiger partial charge in [-0.05, 0) is 62.5 Å². The summed E-state index contributed by atoms with van der Waals surface area (Å²) in [5.74, 6) is 2.80. The van der Waals surface area contributed by atoms with Gasteiger partial charge in [0.2, 0.25) is 0 Å². The van der Waals surface area contributed by atoms with E-state index in [1.807, 2.05) is 29.2 Å². The molecule has 0 saturated carbocycles. The van der Waals surface area contributed by atoms with Crippen molar-refractivity contribution in [2.75, 3.05) is 50.9 Å². The van der Waals surface area contributed by atoms with Gasteiger partial charge in [0, 0.05) is 30.8 Å². The van der Waals surface area contributed by atoms with E-state index in [0.717, 1.165) is 56.4 Å². The molecule has 1 aromatic carbocycles. The average Bonchev–Trinajstić information content (AvgIpc) is 2.75. The third-order valence-electron chi connectivity index (χ3n) is 5.47. The first kappa shape index (κ1) is 19.0. The van der Waals surface area contributed by atoms with Crippen molar-refractivity contribution in [1.82, 2.24) is 5.32 Å². The number of piperidine rings is 1. The zero-order valence-corrected chi connectivity index (χ0v) is 16.2. The average molecular weight is 384 g/mol. The Morgan fingerprint density at radius 1 is 1.07 bits per heavy atom. The van der Waals surface area contributed by atoms with Crippen LogP contribution in [-0.2, 0) is 4.74 Å². The van der Waals surface area contributed by atoms with Gasteiger partial charge in [-0.15, -0.1) is 0 Å². The number of rotatable bonds is 6. The van der Waals surface area contributed by atoms with Crippen molar-refractivity contribution in [2.24, 2.45) is 5.92 Å². The maximum atomic E-state index is 12.1. The second-order valence-electron chi connectivity index (χ2n) is 7.45. The highest BCUT2D eigenvalue weighted by Gasteiger charge is 2.16. The number of morpholine rings is 1. The lowest BCUT2D eigenvalue weighted by Crippen LogP contribution is -2.36. The maximum absolute atomic E-state index is 12.1. The largest absolute Gasteiger partial charge is 0.494 e. The smallest absolute Gasteiger partial charge is 0.200 e. The van der Waals surface area contributed by atoms with Crippen molar-refractivity contribution in [1.29, 1.82) is 0 Å². The van der Waals surface area contributed by atoms with Gasteiger partial charge in [0.1, 0.15) is 11.5 Å². The fourth-order valence-electron chi connectivity index (χ4n) is 3.78. The summed E-state index contributed by atoms with van der Waals surface area (Å²) in [5.41, 5.74) is 0.822. The van der Waals surface area contributed by atoms with E-state index in [9.17, 15) is 4.79 Å². The van der Waals surface area contributed by atoms with Crippen molar-refractivity contribution in [3.63, 3.8) is 0 Å². The Balaban J connectivity index is 1.39. The molecule has 1 N–H and O–H groups in total. The fourth-order valence-corrected chi connectivity index (χ4v) is 3.78. The molecule has 4 rings (SSSR count). The number of anilines is 1. The van der Waals surface area contributed by atoms with Gasteiger partial charge in [-0.1, -0.05) is 0 Å². The molecule has 2 aliphatic rings. The normalized spacial score (nSPS) is 18.2. The highest BCUT2D eigenvalue weighted by atomic mass is 16.5. The molecular formula is C22H28N2O4. The number of hydrogen-bond acceptors (Lipinski definition) is 6. The number of ether oxygens (including phenoxy) is 2. The van der Waals surface area contributed by atoms with Crippen LogP contribution in [0.15, 0.2) is 45.6 Å². The third-order valence-corrected chi connectivity index (χ3v) is 5.47. The quantitative estimate of drug-likeness (QED) is 0.826. The highest BCUT2D eigenvalue weighted by molar-refractivity contribution is 5.59. The summed E-state index contributed by atoms with van der Waals surface area (Å²) in [6.45, 7) is 5.74. The zero-order valence-electron chi connectivity index (χ0n) is 16.2. The molecule has 0 atom stereocenters. The van der Waals surface area contributed by atoms with Crippen molar-refractivity contribution in [2.45, 2.75) is 19.3 Å². The van der Waals surface area contributed by atoms with Gasteiger partial charge in [0.25, 0.3) is 0 Å². The van der Waals surface area contributed by atoms with Crippen LogP contribution in [-0.4, -0.2) is 46.0 Å². The second-order valence-corrected chi connectivity index (χ2v) is 7.45. The maximum Gasteiger partial charge on any atom is 0.200 e. The van der Waals surface area contributed by atoms with E-state index in [1.54, 1.807) is 6.07 Å². The van der Waals surface area contributed by atoms with Gasteiger partial charge in [-0.25, -0.2) is 0 Å². The molecule has 0 bridgehead atoms. The van der Waals surface area contributed by atoms with E-state index in [-0.39, 0.29) is 5.43 Å². The topological polar surface area (TPSA) is 63.9 Å². The molecule has 3 heterocycles. The summed E-state index contributed by atoms with van der Waals surface area (Å²) in [7, 11) is 0. The lowest BCUT2D eigenvalue weighted by Gasteiger charge is -2.27. The lowest BCUT2D eigenvalue weighted by atomic mass is 9.95. The summed E-state index contributed by atoms with van der Waals surface area (Å²) in [6, 6.07) is 10.9. The molecule has 0 unspecified atom stereocenters. The van der Waals surface area contributed by atoms with E-state index in [2.05, 4.69) is 5.32 Å². The molecule has 1 aromatic heterocycles. The summed E-state index contributed by atoms with van der Waals surface area (Å²) in [4.78, 5) is 14.2. The molecule has 150 valence electrons. The van der Waals surface area contributed by atoms with Crippen LogP contribution in [0.5, 0.6) is 5.75 Å². The van der Waals surface area contributed by atoms with Crippen LogP contribution < -0.4 is 20.4 Å². The third kappa shape index (κ3) is 4.94. The monoisotopic (exact) mass is 384 g/mol. The minimum atomic E-state index is -0.0509. The van der Waals surface area contributed by atoms with Crippen LogP contribution in [0.1, 0.15) is 19.3 Å². The first-order valence-corrected chi connectivity index (χ1v) is 10.2. The van der Waals surface area contributed by atoms with Crippen molar-refractivity contribution >= 4 is 5.88 Å². The zero-order chi connectivity index (χ0) is 19.2. The molecule has 6 nitrogen and oxygen atoms in total. The molecule has 2 aromatic rings. The van der Waals surface area contributed by atoms with Crippen LogP contribution in [0.2, 0.25) is 0 Å². The molecule has 2 saturated heterocycles. The first-order chi connectivity index (χ1) is 13.8. The Kier molecular flexibility index (Phi) is 6.29. The molecular weight excluding hydrogens is 356 g/mol. The van der Waals surface area contributed by atoms with Crippen molar-refractivity contribution in [3.8, 4) is 17.1 Å². The minimum Gasteiger partial charge on any atom is -0.494 e. The Bertz CT molecular complexity index is 806. The SMILES string of the molecule is O=c1cc(-c2ccc(OCCC3CCNCC3)cc2)oc(N2CCOCC2)c1. The molecule has 0 spiro atoms. The van der Waals surface area contributed by atoms with E-state index in [0.29, 0.717) is 24.9 Å². The van der Waals surface area contributed by atoms with Gasteiger partial charge in [0.15, 0.2) is 11.3 Å². The Hall–Kier alpha value is -2.31. The van der Waals surface area contributed by atoms with Gasteiger partial charge in [0.05, 0.1) is 19.8 Å². The summed E-state index contributed by atoms with van der Waals surface area (Å²) >= 11 is 0. The second kappa shape index (κ2) is 9.26. The van der Waals surface area contributed by atoms with Crippen LogP contribution >= 0.6 is 0 Å². The van der Waals surface area contributed by atoms with E-state index in [1.165, 1.54) is 18.9 Å². The number of hydrogen-bond donors (Lipinski definition) is 1. The fraction of sp³-hybridized carbons (Fsp3) is 0.500. The van der Waals surface area contributed by atoms with Crippen LogP contribution in [0.3, 0.4) is 0 Å². The molecule has 28 heavy (non-hydrogen) atoms. The van der Waals surface area contributed by atoms with Crippen molar-refractivity contribution < 1.29 is 13.9 Å². The standard InChI is InChI=1S/C22H28N2O4/c25-19-15-21(28-22(16-19)24-10-13-26-14-11-24)18-1-3-20(4-2-18)27-12-7-17-5-8-23-9-6-17/h1-4,15-17,23H,5-14H2. The van der Waals surface area contributed by atoms with E-state index < -0.39 is 0 Å². The number of nitrogens with one attached hydrogen (secondary N) is 1. The van der Waals surface area contributed by atoms with Gasteiger partial charge in [-0.3, -0.25) is 4.79 Å². The lowest BCUT2D eigenvalue weighted by molar-refractivity contribution is 0.120. The summed E-state index contributed by atoms with van der Waals surface area (Å²) in [6.07, 6.45) is 3.57. The molecule has 0 amide bonds. The van der Waals surface area contributed by atoms with Gasteiger partial charge < -0.3 is 24.1 Å². The highest BCUT2D eigenvalue weighted by Crippen LogP contribution is 2.26. The molecule has 2 fully saturated rings. The Morgan fingerprint density at radius 3 is 2.57 bits per heavy atom. The van der Waals surface area contributed by atoms with Crippen LogP contribution in [0.4, 0.5) is 5.88 Å². The predicted molar refractivity (Wildman–Crippen MR) is 109 cm³/mol. The molecule has 0 aliphatic carbocycles. The van der Waals surface area contributed by atoms with Crippen LogP contribution in [0, 0.1) is 5.92 Å². The summed E-state index contributed by atoms with van der Waals surface area (Å²) < 4.78 is 17.3. The van der Waals surface area contributed by atoms with Crippen molar-refractivity contribution in [3.05, 3.63) is 46.6 Å². The molecule has 2 aliphatic heterocycles. The van der Waals surface area contributed by atoms with E-state index in [4.69, 9.17) is 13.9 Å². The Morgan fingerprint density at radius 2 is 1.82 bits per heavy atom. The Labute approximate surface area is 165 Å². The summed E-state index contributed by atoms with van der Waals surface area (Å²) in [5, 5.41) is 3.39. The van der Waals surface area contributed by atoms with Gasteiger partial charge >= 0.3 is 0 Å². The first-order valence-electron chi connectivity index (χ1n) is 10.2. The van der Waals surface area contributed by atoms with E-state index >= 15 is 0 Å². The van der Waals surface area contributed by atoms with Gasteiger partial charge in [-0.2, -0.15) is 0 Å². The number of nitrogens with zero attached hydrogens (tertiary/aromatic N) is 1. The molecule has 0 radical (unpaired) electrons. The molecule has 6 heteroatoms. The minimum absolute atomic E-state index is 0.0509.